The summed E-state index contributed by atoms with van der Waals surface area (Å²) in [5, 5.41) is 9.53. The van der Waals surface area contributed by atoms with E-state index < -0.39 is 0 Å². The number of methoxy groups -OCH3 is 2. The quantitative estimate of drug-likeness (QED) is 0.730. The van der Waals surface area contributed by atoms with Gasteiger partial charge in [0.25, 0.3) is 0 Å². The smallest absolute Gasteiger partial charge is 0.160 e. The number of benzene rings is 1. The molecule has 5 nitrogen and oxygen atoms in total. The minimum Gasteiger partial charge on any atom is -0.493 e. The van der Waals surface area contributed by atoms with Crippen LogP contribution in [0.15, 0.2) is 18.2 Å². The van der Waals surface area contributed by atoms with Crippen LogP contribution in [0.3, 0.4) is 0 Å². The molecule has 0 aliphatic carbocycles. The Bertz CT molecular complexity index is 562. The zero-order valence-electron chi connectivity index (χ0n) is 17.1. The maximum Gasteiger partial charge on any atom is 0.160 e. The van der Waals surface area contributed by atoms with E-state index in [9.17, 15) is 5.11 Å². The number of hydrogen-bond donors (Lipinski definition) is 1. The molecule has 1 saturated heterocycles. The average molecular weight is 365 g/mol. The minimum atomic E-state index is -0.0277. The number of likely N-dealkylation sites (tertiary alicyclic amines) is 1. The standard InChI is InChI=1S/C21H36N2O3/c1-21(2,16-24)15-23-11-6-7-18(14-23)22(3)12-10-17-8-9-19(25-4)20(13-17)26-5/h8-9,13,18,24H,6-7,10-12,14-16H2,1-5H3/t18-/m1/s1. The van der Waals surface area contributed by atoms with E-state index in [1.807, 2.05) is 6.07 Å². The first-order valence-corrected chi connectivity index (χ1v) is 9.63. The maximum atomic E-state index is 9.53. The Balaban J connectivity index is 1.88. The number of rotatable bonds is 9. The lowest BCUT2D eigenvalue weighted by Gasteiger charge is -2.40. The number of aliphatic hydroxyl groups is 1. The minimum absolute atomic E-state index is 0.0277. The van der Waals surface area contributed by atoms with Crippen molar-refractivity contribution in [1.29, 1.82) is 0 Å². The van der Waals surface area contributed by atoms with Crippen molar-refractivity contribution in [2.75, 3.05) is 54.1 Å². The summed E-state index contributed by atoms with van der Waals surface area (Å²) < 4.78 is 10.7. The molecule has 0 saturated carbocycles. The van der Waals surface area contributed by atoms with Gasteiger partial charge < -0.3 is 24.4 Å². The van der Waals surface area contributed by atoms with Crippen LogP contribution in [0.1, 0.15) is 32.3 Å². The molecule has 0 amide bonds. The fraction of sp³-hybridized carbons (Fsp3) is 0.714. The normalized spacial score (nSPS) is 19.0. The van der Waals surface area contributed by atoms with Gasteiger partial charge in [-0.15, -0.1) is 0 Å². The SMILES string of the molecule is COc1ccc(CCN(C)[C@@H]2CCCN(CC(C)(C)CO)C2)cc1OC. The number of hydrogen-bond acceptors (Lipinski definition) is 5. The van der Waals surface area contributed by atoms with E-state index in [-0.39, 0.29) is 12.0 Å². The summed E-state index contributed by atoms with van der Waals surface area (Å²) in [5.41, 5.74) is 1.24. The van der Waals surface area contributed by atoms with Crippen LogP contribution in [-0.2, 0) is 6.42 Å². The fourth-order valence-corrected chi connectivity index (χ4v) is 3.71. The molecule has 0 spiro atoms. The summed E-state index contributed by atoms with van der Waals surface area (Å²) in [6.07, 6.45) is 3.47. The van der Waals surface area contributed by atoms with Crippen LogP contribution >= 0.6 is 0 Å². The molecule has 1 aliphatic rings. The summed E-state index contributed by atoms with van der Waals surface area (Å²) in [6.45, 7) is 8.73. The van der Waals surface area contributed by atoms with Crippen LogP contribution in [-0.4, -0.2) is 75.0 Å². The van der Waals surface area contributed by atoms with E-state index in [2.05, 4.69) is 42.8 Å². The van der Waals surface area contributed by atoms with E-state index in [0.717, 1.165) is 44.1 Å². The van der Waals surface area contributed by atoms with E-state index in [1.165, 1.54) is 18.4 Å². The third-order valence-electron chi connectivity index (χ3n) is 5.38. The molecule has 0 aromatic heterocycles. The second-order valence-corrected chi connectivity index (χ2v) is 8.27. The molecule has 2 rings (SSSR count). The third kappa shape index (κ3) is 5.86. The lowest BCUT2D eigenvalue weighted by molar-refractivity contribution is 0.0601. The highest BCUT2D eigenvalue weighted by atomic mass is 16.5. The topological polar surface area (TPSA) is 45.2 Å². The molecule has 1 N–H and O–H groups in total. The number of ether oxygens (including phenoxy) is 2. The average Bonchev–Trinajstić information content (AvgIpc) is 2.65. The molecule has 1 fully saturated rings. The summed E-state index contributed by atoms with van der Waals surface area (Å²) in [4.78, 5) is 4.99. The summed E-state index contributed by atoms with van der Waals surface area (Å²) in [6, 6.07) is 6.75. The first kappa shape index (κ1) is 21.0. The molecule has 1 aliphatic heterocycles. The van der Waals surface area contributed by atoms with Crippen molar-refractivity contribution in [3.05, 3.63) is 23.8 Å². The van der Waals surface area contributed by atoms with Crippen molar-refractivity contribution >= 4 is 0 Å². The molecule has 1 aromatic rings. The van der Waals surface area contributed by atoms with Crippen molar-refractivity contribution in [3.63, 3.8) is 0 Å². The van der Waals surface area contributed by atoms with Crippen molar-refractivity contribution in [3.8, 4) is 11.5 Å². The Hall–Kier alpha value is -1.30. The second-order valence-electron chi connectivity index (χ2n) is 8.27. The van der Waals surface area contributed by atoms with Gasteiger partial charge in [0.05, 0.1) is 14.2 Å². The largest absolute Gasteiger partial charge is 0.493 e. The van der Waals surface area contributed by atoms with E-state index in [4.69, 9.17) is 9.47 Å². The Morgan fingerprint density at radius 1 is 1.23 bits per heavy atom. The lowest BCUT2D eigenvalue weighted by atomic mass is 9.92. The third-order valence-corrected chi connectivity index (χ3v) is 5.38. The molecule has 0 unspecified atom stereocenters. The van der Waals surface area contributed by atoms with E-state index in [1.54, 1.807) is 14.2 Å². The molecular formula is C21H36N2O3. The lowest BCUT2D eigenvalue weighted by Crippen LogP contribution is -2.49. The summed E-state index contributed by atoms with van der Waals surface area (Å²) >= 11 is 0. The first-order chi connectivity index (χ1) is 12.4. The van der Waals surface area contributed by atoms with E-state index in [0.29, 0.717) is 6.04 Å². The van der Waals surface area contributed by atoms with Gasteiger partial charge in [-0.25, -0.2) is 0 Å². The highest BCUT2D eigenvalue weighted by molar-refractivity contribution is 5.42. The van der Waals surface area contributed by atoms with Crippen LogP contribution in [0.2, 0.25) is 0 Å². The van der Waals surface area contributed by atoms with Gasteiger partial charge in [-0.3, -0.25) is 0 Å². The van der Waals surface area contributed by atoms with Crippen LogP contribution in [0.25, 0.3) is 0 Å². The maximum absolute atomic E-state index is 9.53. The molecule has 1 aromatic carbocycles. The van der Waals surface area contributed by atoms with Crippen molar-refractivity contribution < 1.29 is 14.6 Å². The molecule has 0 radical (unpaired) electrons. The zero-order chi connectivity index (χ0) is 19.2. The van der Waals surface area contributed by atoms with Crippen molar-refractivity contribution in [1.82, 2.24) is 9.80 Å². The number of likely N-dealkylation sites (N-methyl/N-ethyl adjacent to an activating group) is 1. The van der Waals surface area contributed by atoms with Crippen molar-refractivity contribution in [2.24, 2.45) is 5.41 Å². The van der Waals surface area contributed by atoms with Gasteiger partial charge in [-0.05, 0) is 50.6 Å². The Kier molecular flexibility index (Phi) is 7.74. The van der Waals surface area contributed by atoms with Crippen LogP contribution in [0, 0.1) is 5.41 Å². The van der Waals surface area contributed by atoms with Gasteiger partial charge in [0.1, 0.15) is 0 Å². The number of aliphatic hydroxyl groups excluding tert-OH is 1. The van der Waals surface area contributed by atoms with E-state index >= 15 is 0 Å². The second kappa shape index (κ2) is 9.58. The summed E-state index contributed by atoms with van der Waals surface area (Å²) in [7, 11) is 5.57. The Morgan fingerprint density at radius 3 is 2.62 bits per heavy atom. The molecule has 5 heteroatoms. The van der Waals surface area contributed by atoms with Gasteiger partial charge in [0.15, 0.2) is 11.5 Å². The molecule has 148 valence electrons. The molecule has 1 heterocycles. The van der Waals surface area contributed by atoms with Crippen LogP contribution < -0.4 is 9.47 Å². The predicted octanol–water partition coefficient (Wildman–Crippen LogP) is 2.66. The fourth-order valence-electron chi connectivity index (χ4n) is 3.71. The first-order valence-electron chi connectivity index (χ1n) is 9.63. The van der Waals surface area contributed by atoms with Gasteiger partial charge in [0, 0.05) is 37.7 Å². The predicted molar refractivity (Wildman–Crippen MR) is 106 cm³/mol. The highest BCUT2D eigenvalue weighted by Gasteiger charge is 2.27. The molecule has 0 bridgehead atoms. The zero-order valence-corrected chi connectivity index (χ0v) is 17.1. The van der Waals surface area contributed by atoms with Gasteiger partial charge >= 0.3 is 0 Å². The Morgan fingerprint density at radius 2 is 1.96 bits per heavy atom. The molecular weight excluding hydrogens is 328 g/mol. The van der Waals surface area contributed by atoms with Gasteiger partial charge in [-0.1, -0.05) is 19.9 Å². The van der Waals surface area contributed by atoms with Crippen LogP contribution in [0.4, 0.5) is 0 Å². The summed E-state index contributed by atoms with van der Waals surface area (Å²) in [5.74, 6) is 1.57. The number of piperidine rings is 1. The Labute approximate surface area is 158 Å². The molecule has 1 atom stereocenters. The highest BCUT2D eigenvalue weighted by Crippen LogP contribution is 2.28. The van der Waals surface area contributed by atoms with Crippen molar-refractivity contribution in [2.45, 2.75) is 39.2 Å². The van der Waals surface area contributed by atoms with Crippen LogP contribution in [0.5, 0.6) is 11.5 Å². The van der Waals surface area contributed by atoms with Gasteiger partial charge in [0.2, 0.25) is 0 Å². The van der Waals surface area contributed by atoms with Gasteiger partial charge in [-0.2, -0.15) is 0 Å². The molecule has 26 heavy (non-hydrogen) atoms. The number of nitrogens with zero attached hydrogens (tertiary/aromatic N) is 2. The monoisotopic (exact) mass is 364 g/mol.